The van der Waals surface area contributed by atoms with Crippen molar-refractivity contribution in [2.75, 3.05) is 7.11 Å². The lowest BCUT2D eigenvalue weighted by Gasteiger charge is -2.34. The Morgan fingerprint density at radius 1 is 1.14 bits per heavy atom. The second-order valence-corrected chi connectivity index (χ2v) is 7.26. The minimum Gasteiger partial charge on any atom is -0.497 e. The third-order valence-corrected chi connectivity index (χ3v) is 5.75. The predicted molar refractivity (Wildman–Crippen MR) is 105 cm³/mol. The molecule has 0 fully saturated rings. The van der Waals surface area contributed by atoms with Gasteiger partial charge in [0.1, 0.15) is 5.75 Å². The van der Waals surface area contributed by atoms with E-state index in [2.05, 4.69) is 27.7 Å². The summed E-state index contributed by atoms with van der Waals surface area (Å²) in [7, 11) is 1.63. The summed E-state index contributed by atoms with van der Waals surface area (Å²) in [5.74, 6) is 0.746. The molecule has 6 nitrogen and oxygen atoms in total. The van der Waals surface area contributed by atoms with Gasteiger partial charge in [0.15, 0.2) is 0 Å². The third kappa shape index (κ3) is 2.93. The Labute approximate surface area is 164 Å². The molecular formula is C22H21N5O. The summed E-state index contributed by atoms with van der Waals surface area (Å²) < 4.78 is 5.24. The first-order valence-corrected chi connectivity index (χ1v) is 9.34. The Morgan fingerprint density at radius 2 is 1.89 bits per heavy atom. The number of aryl methyl sites for hydroxylation is 1. The highest BCUT2D eigenvalue weighted by atomic mass is 16.5. The number of rotatable bonds is 3. The average Bonchev–Trinajstić information content (AvgIpc) is 3.20. The molecule has 2 atom stereocenters. The van der Waals surface area contributed by atoms with Crippen LogP contribution in [0.25, 0.3) is 5.70 Å². The number of nitriles is 2. The molecule has 2 aromatic rings. The van der Waals surface area contributed by atoms with Crippen molar-refractivity contribution in [1.29, 1.82) is 10.5 Å². The number of nitrogens with zero attached hydrogens (tertiary/aromatic N) is 3. The van der Waals surface area contributed by atoms with Gasteiger partial charge in [-0.3, -0.25) is 5.10 Å². The molecule has 0 radical (unpaired) electrons. The Bertz CT molecular complexity index is 1050. The van der Waals surface area contributed by atoms with Gasteiger partial charge >= 0.3 is 0 Å². The molecule has 1 aliphatic heterocycles. The molecule has 2 unspecified atom stereocenters. The van der Waals surface area contributed by atoms with Crippen LogP contribution in [-0.4, -0.2) is 17.3 Å². The van der Waals surface area contributed by atoms with Crippen LogP contribution in [-0.2, 0) is 12.8 Å². The molecule has 6 heteroatoms. The number of hydrogen-bond acceptors (Lipinski definition) is 5. The molecule has 2 aliphatic rings. The molecule has 0 saturated heterocycles. The molecule has 0 amide bonds. The molecule has 1 aromatic carbocycles. The van der Waals surface area contributed by atoms with Crippen LogP contribution in [0.5, 0.6) is 5.75 Å². The average molecular weight is 371 g/mol. The van der Waals surface area contributed by atoms with E-state index in [-0.39, 0.29) is 11.8 Å². The smallest absolute Gasteiger partial charge is 0.118 e. The summed E-state index contributed by atoms with van der Waals surface area (Å²) in [6.07, 6.45) is 4.49. The van der Waals surface area contributed by atoms with Gasteiger partial charge in [0, 0.05) is 17.3 Å². The van der Waals surface area contributed by atoms with Gasteiger partial charge in [-0.2, -0.15) is 15.6 Å². The second kappa shape index (κ2) is 7.25. The highest BCUT2D eigenvalue weighted by Gasteiger charge is 2.37. The van der Waals surface area contributed by atoms with E-state index in [9.17, 15) is 10.5 Å². The summed E-state index contributed by atoms with van der Waals surface area (Å²) in [4.78, 5) is 0. The number of dihydropyridines is 1. The van der Waals surface area contributed by atoms with Gasteiger partial charge in [0.05, 0.1) is 42.3 Å². The monoisotopic (exact) mass is 371 g/mol. The first kappa shape index (κ1) is 17.9. The van der Waals surface area contributed by atoms with Gasteiger partial charge in [0.2, 0.25) is 0 Å². The lowest BCUT2D eigenvalue weighted by Crippen LogP contribution is -2.32. The fraction of sp³-hybridized carbons (Fsp3) is 0.318. The van der Waals surface area contributed by atoms with Gasteiger partial charge in [-0.1, -0.05) is 0 Å². The molecule has 0 saturated carbocycles. The number of hydrogen-bond donors (Lipinski definition) is 2. The highest BCUT2D eigenvalue weighted by molar-refractivity contribution is 5.76. The quantitative estimate of drug-likeness (QED) is 0.861. The van der Waals surface area contributed by atoms with Crippen LogP contribution in [0.4, 0.5) is 0 Å². The van der Waals surface area contributed by atoms with Crippen molar-refractivity contribution in [1.82, 2.24) is 15.5 Å². The van der Waals surface area contributed by atoms with Gasteiger partial charge in [-0.25, -0.2) is 0 Å². The van der Waals surface area contributed by atoms with Gasteiger partial charge in [-0.05, 0) is 67.5 Å². The summed E-state index contributed by atoms with van der Waals surface area (Å²) in [6, 6.07) is 12.4. The topological polar surface area (TPSA) is 97.5 Å². The minimum atomic E-state index is -0.212. The Balaban J connectivity index is 1.78. The van der Waals surface area contributed by atoms with Gasteiger partial charge < -0.3 is 10.1 Å². The van der Waals surface area contributed by atoms with Gasteiger partial charge in [-0.15, -0.1) is 0 Å². The first-order chi connectivity index (χ1) is 13.7. The van der Waals surface area contributed by atoms with E-state index < -0.39 is 0 Å². The Hall–Kier alpha value is -3.51. The van der Waals surface area contributed by atoms with E-state index in [4.69, 9.17) is 4.74 Å². The van der Waals surface area contributed by atoms with Crippen molar-refractivity contribution in [3.63, 3.8) is 0 Å². The standard InChI is InChI=1S/C22H21N5O/c1-13-18(10-23)21(15-5-8-20-16(9-15)12-25-27-20)19(11-24)22(26-13)14-3-6-17(28-2)7-4-14/h3-4,6-7,12,15,21,26H,5,8-9H2,1-2H3,(H,25,27). The van der Waals surface area contributed by atoms with Crippen molar-refractivity contribution in [3.8, 4) is 17.9 Å². The fourth-order valence-electron chi connectivity index (χ4n) is 4.32. The number of fused-ring (bicyclic) bond motifs is 1. The number of H-pyrrole nitrogens is 1. The number of aromatic amines is 1. The molecule has 28 heavy (non-hydrogen) atoms. The first-order valence-electron chi connectivity index (χ1n) is 9.34. The van der Waals surface area contributed by atoms with Crippen molar-refractivity contribution in [2.45, 2.75) is 26.2 Å². The maximum Gasteiger partial charge on any atom is 0.118 e. The molecule has 2 heterocycles. The number of allylic oxidation sites excluding steroid dienone is 3. The molecular weight excluding hydrogens is 350 g/mol. The van der Waals surface area contributed by atoms with E-state index in [1.54, 1.807) is 7.11 Å². The number of ether oxygens (including phenoxy) is 1. The Morgan fingerprint density at radius 3 is 2.57 bits per heavy atom. The second-order valence-electron chi connectivity index (χ2n) is 7.26. The van der Waals surface area contributed by atoms with Crippen molar-refractivity contribution < 1.29 is 4.74 Å². The van der Waals surface area contributed by atoms with E-state index in [1.807, 2.05) is 37.4 Å². The van der Waals surface area contributed by atoms with Crippen LogP contribution >= 0.6 is 0 Å². The van der Waals surface area contributed by atoms with Crippen molar-refractivity contribution in [3.05, 3.63) is 64.1 Å². The van der Waals surface area contributed by atoms with Crippen LogP contribution in [0.2, 0.25) is 0 Å². The third-order valence-electron chi connectivity index (χ3n) is 5.75. The highest BCUT2D eigenvalue weighted by Crippen LogP contribution is 2.42. The van der Waals surface area contributed by atoms with Crippen molar-refractivity contribution >= 4 is 5.70 Å². The molecule has 140 valence electrons. The van der Waals surface area contributed by atoms with Crippen LogP contribution in [0.1, 0.15) is 30.2 Å². The zero-order valence-corrected chi connectivity index (χ0v) is 15.9. The lowest BCUT2D eigenvalue weighted by molar-refractivity contribution is 0.377. The summed E-state index contributed by atoms with van der Waals surface area (Å²) >= 11 is 0. The molecule has 4 rings (SSSR count). The number of methoxy groups -OCH3 is 1. The molecule has 2 N–H and O–H groups in total. The molecule has 0 spiro atoms. The van der Waals surface area contributed by atoms with E-state index in [0.29, 0.717) is 11.1 Å². The van der Waals surface area contributed by atoms with Crippen LogP contribution in [0, 0.1) is 34.5 Å². The Kier molecular flexibility index (Phi) is 4.63. The summed E-state index contributed by atoms with van der Waals surface area (Å²) in [5.41, 5.74) is 6.16. The zero-order valence-electron chi connectivity index (χ0n) is 15.9. The number of aromatic nitrogens is 2. The minimum absolute atomic E-state index is 0.194. The van der Waals surface area contributed by atoms with E-state index in [0.717, 1.165) is 42.0 Å². The van der Waals surface area contributed by atoms with Crippen LogP contribution < -0.4 is 10.1 Å². The van der Waals surface area contributed by atoms with Gasteiger partial charge in [0.25, 0.3) is 0 Å². The number of nitrogens with one attached hydrogen (secondary N) is 2. The molecule has 1 aliphatic carbocycles. The van der Waals surface area contributed by atoms with Crippen LogP contribution in [0.3, 0.4) is 0 Å². The van der Waals surface area contributed by atoms with Crippen molar-refractivity contribution in [2.24, 2.45) is 11.8 Å². The maximum atomic E-state index is 10.1. The molecule has 0 bridgehead atoms. The molecule has 1 aromatic heterocycles. The van der Waals surface area contributed by atoms with E-state index in [1.165, 1.54) is 11.3 Å². The fourth-order valence-corrected chi connectivity index (χ4v) is 4.32. The van der Waals surface area contributed by atoms with E-state index >= 15 is 0 Å². The predicted octanol–water partition coefficient (Wildman–Crippen LogP) is 3.48. The summed E-state index contributed by atoms with van der Waals surface area (Å²) in [6.45, 7) is 1.91. The SMILES string of the molecule is COc1ccc(C2=C(C#N)C(C3CCc4[nH]ncc4C3)C(C#N)=C(C)N2)cc1. The maximum absolute atomic E-state index is 10.1. The lowest BCUT2D eigenvalue weighted by atomic mass is 9.70. The largest absolute Gasteiger partial charge is 0.497 e. The number of benzene rings is 1. The normalized spacial score (nSPS) is 21.4. The zero-order chi connectivity index (χ0) is 19.7. The van der Waals surface area contributed by atoms with Crippen LogP contribution in [0.15, 0.2) is 47.3 Å². The summed E-state index contributed by atoms with van der Waals surface area (Å²) in [5, 5.41) is 30.4.